The molecule has 0 aromatic heterocycles. The lowest BCUT2D eigenvalue weighted by molar-refractivity contribution is 0.456. The van der Waals surface area contributed by atoms with E-state index in [0.717, 1.165) is 5.96 Å². The molecule has 0 fully saturated rings. The summed E-state index contributed by atoms with van der Waals surface area (Å²) in [5.41, 5.74) is 0.374. The number of rotatable bonds is 3. The SMILES string of the molecule is CN(C)C(=NCC(C)(C)c1ccccc1F)N(C)C. The number of hydrogen-bond donors (Lipinski definition) is 0. The second-order valence-electron chi connectivity index (χ2n) is 5.77. The van der Waals surface area contributed by atoms with Gasteiger partial charge in [0.2, 0.25) is 0 Å². The number of hydrogen-bond acceptors (Lipinski definition) is 1. The quantitative estimate of drug-likeness (QED) is 0.618. The molecule has 0 saturated heterocycles. The molecule has 0 amide bonds. The Bertz CT molecular complexity index is 440. The third-order valence-corrected chi connectivity index (χ3v) is 3.02. The third kappa shape index (κ3) is 3.94. The van der Waals surface area contributed by atoms with Gasteiger partial charge in [0.25, 0.3) is 0 Å². The van der Waals surface area contributed by atoms with Gasteiger partial charge >= 0.3 is 0 Å². The largest absolute Gasteiger partial charge is 0.349 e. The smallest absolute Gasteiger partial charge is 0.195 e. The second kappa shape index (κ2) is 6.04. The molecule has 1 aromatic rings. The molecule has 106 valence electrons. The molecule has 19 heavy (non-hydrogen) atoms. The first-order chi connectivity index (χ1) is 8.75. The maximum Gasteiger partial charge on any atom is 0.195 e. The zero-order chi connectivity index (χ0) is 14.6. The van der Waals surface area contributed by atoms with Crippen molar-refractivity contribution in [3.8, 4) is 0 Å². The number of aliphatic imine (C=N–C) groups is 1. The van der Waals surface area contributed by atoms with Crippen molar-refractivity contribution in [2.24, 2.45) is 4.99 Å². The van der Waals surface area contributed by atoms with Crippen LogP contribution in [0.25, 0.3) is 0 Å². The summed E-state index contributed by atoms with van der Waals surface area (Å²) in [7, 11) is 7.81. The van der Waals surface area contributed by atoms with Crippen LogP contribution < -0.4 is 0 Å². The van der Waals surface area contributed by atoms with Crippen LogP contribution in [0.1, 0.15) is 19.4 Å². The van der Waals surface area contributed by atoms with Crippen LogP contribution in [0.4, 0.5) is 4.39 Å². The van der Waals surface area contributed by atoms with Gasteiger partial charge in [0.05, 0.1) is 6.54 Å². The van der Waals surface area contributed by atoms with Crippen molar-refractivity contribution in [1.82, 2.24) is 9.80 Å². The fraction of sp³-hybridized carbons (Fsp3) is 0.533. The minimum Gasteiger partial charge on any atom is -0.349 e. The van der Waals surface area contributed by atoms with Crippen LogP contribution in [0.3, 0.4) is 0 Å². The summed E-state index contributed by atoms with van der Waals surface area (Å²) in [6, 6.07) is 6.90. The number of benzene rings is 1. The monoisotopic (exact) mass is 265 g/mol. The highest BCUT2D eigenvalue weighted by molar-refractivity contribution is 5.79. The highest BCUT2D eigenvalue weighted by Gasteiger charge is 2.24. The van der Waals surface area contributed by atoms with E-state index in [4.69, 9.17) is 0 Å². The molecule has 0 aliphatic rings. The van der Waals surface area contributed by atoms with Crippen LogP contribution in [-0.2, 0) is 5.41 Å². The molecule has 0 aliphatic heterocycles. The van der Waals surface area contributed by atoms with E-state index in [1.54, 1.807) is 6.07 Å². The predicted molar refractivity (Wildman–Crippen MR) is 79.1 cm³/mol. The van der Waals surface area contributed by atoms with Crippen molar-refractivity contribution in [2.45, 2.75) is 19.3 Å². The minimum atomic E-state index is -0.331. The molecule has 1 aromatic carbocycles. The molecule has 0 bridgehead atoms. The Labute approximate surface area is 115 Å². The van der Waals surface area contributed by atoms with Crippen molar-refractivity contribution in [3.63, 3.8) is 0 Å². The lowest BCUT2D eigenvalue weighted by Gasteiger charge is -2.27. The summed E-state index contributed by atoms with van der Waals surface area (Å²) in [5.74, 6) is 0.711. The Morgan fingerprint density at radius 3 is 2.11 bits per heavy atom. The molecule has 0 aliphatic carbocycles. The predicted octanol–water partition coefficient (Wildman–Crippen LogP) is 2.58. The molecule has 0 unspecified atom stereocenters. The molecule has 0 spiro atoms. The minimum absolute atomic E-state index is 0.168. The van der Waals surface area contributed by atoms with Crippen molar-refractivity contribution < 1.29 is 4.39 Å². The van der Waals surface area contributed by atoms with Crippen LogP contribution in [0.2, 0.25) is 0 Å². The van der Waals surface area contributed by atoms with E-state index in [0.29, 0.717) is 12.1 Å². The summed E-state index contributed by atoms with van der Waals surface area (Å²) in [5, 5.41) is 0. The van der Waals surface area contributed by atoms with E-state index in [1.165, 1.54) is 6.07 Å². The van der Waals surface area contributed by atoms with Crippen molar-refractivity contribution in [3.05, 3.63) is 35.6 Å². The van der Waals surface area contributed by atoms with Gasteiger partial charge in [0.1, 0.15) is 5.82 Å². The number of guanidine groups is 1. The zero-order valence-electron chi connectivity index (χ0n) is 12.7. The average Bonchev–Trinajstić information content (AvgIpc) is 2.28. The summed E-state index contributed by atoms with van der Waals surface area (Å²) >= 11 is 0. The molecule has 0 radical (unpaired) electrons. The molecular weight excluding hydrogens is 241 g/mol. The van der Waals surface area contributed by atoms with Crippen LogP contribution >= 0.6 is 0 Å². The van der Waals surface area contributed by atoms with E-state index >= 15 is 0 Å². The van der Waals surface area contributed by atoms with Gasteiger partial charge in [-0.2, -0.15) is 0 Å². The molecule has 0 heterocycles. The summed E-state index contributed by atoms with van der Waals surface area (Å²) in [6.07, 6.45) is 0. The first kappa shape index (κ1) is 15.5. The standard InChI is InChI=1S/C15H24FN3/c1-15(2,12-9-7-8-10-13(12)16)11-17-14(18(3)4)19(5)6/h7-10H,11H2,1-6H3. The summed E-state index contributed by atoms with van der Waals surface area (Å²) in [6.45, 7) is 4.56. The third-order valence-electron chi connectivity index (χ3n) is 3.02. The first-order valence-corrected chi connectivity index (χ1v) is 6.40. The summed E-state index contributed by atoms with van der Waals surface area (Å²) < 4.78 is 13.9. The van der Waals surface area contributed by atoms with Gasteiger partial charge in [-0.3, -0.25) is 4.99 Å². The Kier molecular flexibility index (Phi) is 4.92. The molecule has 0 atom stereocenters. The molecule has 1 rings (SSSR count). The molecule has 0 saturated carbocycles. The highest BCUT2D eigenvalue weighted by Crippen LogP contribution is 2.26. The van der Waals surface area contributed by atoms with Crippen LogP contribution in [0.15, 0.2) is 29.3 Å². The maximum atomic E-state index is 13.9. The van der Waals surface area contributed by atoms with Gasteiger partial charge in [0.15, 0.2) is 5.96 Å². The number of halogens is 1. The zero-order valence-corrected chi connectivity index (χ0v) is 12.7. The Balaban J connectivity index is 2.97. The lowest BCUT2D eigenvalue weighted by atomic mass is 9.84. The van der Waals surface area contributed by atoms with Crippen LogP contribution in [0, 0.1) is 5.82 Å². The molecular formula is C15H24FN3. The van der Waals surface area contributed by atoms with Crippen molar-refractivity contribution >= 4 is 5.96 Å². The normalized spacial score (nSPS) is 11.1. The first-order valence-electron chi connectivity index (χ1n) is 6.40. The van der Waals surface area contributed by atoms with Gasteiger partial charge in [-0.25, -0.2) is 4.39 Å². The molecule has 4 heteroatoms. The lowest BCUT2D eigenvalue weighted by Crippen LogP contribution is -2.37. The van der Waals surface area contributed by atoms with E-state index in [-0.39, 0.29) is 11.2 Å². The molecule has 3 nitrogen and oxygen atoms in total. The van der Waals surface area contributed by atoms with E-state index < -0.39 is 0 Å². The van der Waals surface area contributed by atoms with Crippen LogP contribution in [0.5, 0.6) is 0 Å². The van der Waals surface area contributed by atoms with Crippen molar-refractivity contribution in [1.29, 1.82) is 0 Å². The Hall–Kier alpha value is -1.58. The summed E-state index contributed by atoms with van der Waals surface area (Å²) in [4.78, 5) is 8.53. The van der Waals surface area contributed by atoms with Gasteiger partial charge in [-0.15, -0.1) is 0 Å². The maximum absolute atomic E-state index is 13.9. The fourth-order valence-corrected chi connectivity index (χ4v) is 2.05. The van der Waals surface area contributed by atoms with E-state index in [1.807, 2.05) is 64.0 Å². The van der Waals surface area contributed by atoms with Crippen molar-refractivity contribution in [2.75, 3.05) is 34.7 Å². The number of nitrogens with zero attached hydrogens (tertiary/aromatic N) is 3. The second-order valence-corrected chi connectivity index (χ2v) is 5.77. The van der Waals surface area contributed by atoms with E-state index in [2.05, 4.69) is 4.99 Å². The Morgan fingerprint density at radius 2 is 1.63 bits per heavy atom. The average molecular weight is 265 g/mol. The fourth-order valence-electron chi connectivity index (χ4n) is 2.05. The topological polar surface area (TPSA) is 18.8 Å². The molecule has 0 N–H and O–H groups in total. The Morgan fingerprint density at radius 1 is 1.11 bits per heavy atom. The van der Waals surface area contributed by atoms with Gasteiger partial charge in [-0.1, -0.05) is 32.0 Å². The highest BCUT2D eigenvalue weighted by atomic mass is 19.1. The van der Waals surface area contributed by atoms with Crippen LogP contribution in [-0.4, -0.2) is 50.5 Å². The van der Waals surface area contributed by atoms with E-state index in [9.17, 15) is 4.39 Å². The van der Waals surface area contributed by atoms with Gasteiger partial charge in [-0.05, 0) is 11.6 Å². The van der Waals surface area contributed by atoms with Gasteiger partial charge < -0.3 is 9.80 Å². The van der Waals surface area contributed by atoms with Gasteiger partial charge in [0, 0.05) is 33.6 Å².